The highest BCUT2D eigenvalue weighted by Crippen LogP contribution is 2.17. The fourth-order valence-corrected chi connectivity index (χ4v) is 2.84. The van der Waals surface area contributed by atoms with Crippen molar-refractivity contribution in [1.82, 2.24) is 9.88 Å². The number of rotatable bonds is 3. The molecule has 0 aliphatic carbocycles. The largest absolute Gasteiger partial charge is 0.326 e. The quantitative estimate of drug-likeness (QED) is 0.855. The third kappa shape index (κ3) is 3.26. The SMILES string of the molecule is NCc1cnc(CN2CCCCCC2)s1. The van der Waals surface area contributed by atoms with E-state index in [-0.39, 0.29) is 0 Å². The Kier molecular flexibility index (Phi) is 4.11. The van der Waals surface area contributed by atoms with E-state index < -0.39 is 0 Å². The molecule has 2 rings (SSSR count). The monoisotopic (exact) mass is 225 g/mol. The lowest BCUT2D eigenvalue weighted by Gasteiger charge is -2.17. The van der Waals surface area contributed by atoms with Crippen LogP contribution in [0, 0.1) is 0 Å². The minimum atomic E-state index is 0.623. The molecule has 0 spiro atoms. The van der Waals surface area contributed by atoms with Crippen molar-refractivity contribution in [1.29, 1.82) is 0 Å². The lowest BCUT2D eigenvalue weighted by Crippen LogP contribution is -2.23. The molecule has 1 aliphatic heterocycles. The van der Waals surface area contributed by atoms with Crippen molar-refractivity contribution in [3.63, 3.8) is 0 Å². The maximum atomic E-state index is 5.58. The summed E-state index contributed by atoms with van der Waals surface area (Å²) in [5.74, 6) is 0. The minimum absolute atomic E-state index is 0.623. The number of nitrogens with two attached hydrogens (primary N) is 1. The average molecular weight is 225 g/mol. The lowest BCUT2D eigenvalue weighted by atomic mass is 10.2. The van der Waals surface area contributed by atoms with Gasteiger partial charge in [0.25, 0.3) is 0 Å². The van der Waals surface area contributed by atoms with Gasteiger partial charge in [0.2, 0.25) is 0 Å². The highest BCUT2D eigenvalue weighted by Gasteiger charge is 2.11. The topological polar surface area (TPSA) is 42.1 Å². The maximum absolute atomic E-state index is 5.58. The smallest absolute Gasteiger partial charge is 0.107 e. The Morgan fingerprint density at radius 3 is 2.60 bits per heavy atom. The Balaban J connectivity index is 1.89. The third-order valence-electron chi connectivity index (χ3n) is 2.86. The Hall–Kier alpha value is -0.450. The van der Waals surface area contributed by atoms with Crippen molar-refractivity contribution in [3.8, 4) is 0 Å². The molecule has 2 N–H and O–H groups in total. The predicted molar refractivity (Wildman–Crippen MR) is 63.8 cm³/mol. The first-order chi connectivity index (χ1) is 7.38. The second-order valence-corrected chi connectivity index (χ2v) is 5.31. The predicted octanol–water partition coefficient (Wildman–Crippen LogP) is 1.98. The van der Waals surface area contributed by atoms with Crippen LogP contribution in [0.4, 0.5) is 0 Å². The molecule has 2 heterocycles. The van der Waals surface area contributed by atoms with Crippen molar-refractivity contribution >= 4 is 11.3 Å². The number of likely N-dealkylation sites (tertiary alicyclic amines) is 1. The molecule has 84 valence electrons. The number of aromatic nitrogens is 1. The Morgan fingerprint density at radius 1 is 1.27 bits per heavy atom. The molecule has 0 aromatic carbocycles. The molecule has 3 nitrogen and oxygen atoms in total. The van der Waals surface area contributed by atoms with E-state index in [1.54, 1.807) is 11.3 Å². The Bertz CT molecular complexity index is 290. The second-order valence-electron chi connectivity index (χ2n) is 4.11. The lowest BCUT2D eigenvalue weighted by molar-refractivity contribution is 0.276. The molecule has 15 heavy (non-hydrogen) atoms. The average Bonchev–Trinajstić information content (AvgIpc) is 2.54. The maximum Gasteiger partial charge on any atom is 0.107 e. The van der Waals surface area contributed by atoms with Gasteiger partial charge in [0, 0.05) is 17.6 Å². The zero-order valence-electron chi connectivity index (χ0n) is 9.11. The molecular weight excluding hydrogens is 206 g/mol. The summed E-state index contributed by atoms with van der Waals surface area (Å²) in [5, 5.41) is 1.22. The molecule has 0 radical (unpaired) electrons. The standard InChI is InChI=1S/C11H19N3S/c12-7-10-8-13-11(15-10)9-14-5-3-1-2-4-6-14/h8H,1-7,9,12H2. The zero-order chi connectivity index (χ0) is 10.5. The molecule has 4 heteroatoms. The van der Waals surface area contributed by atoms with E-state index in [4.69, 9.17) is 5.73 Å². The first kappa shape index (κ1) is 11.0. The van der Waals surface area contributed by atoms with Crippen molar-refractivity contribution in [2.45, 2.75) is 38.8 Å². The normalized spacial score (nSPS) is 19.0. The van der Waals surface area contributed by atoms with Gasteiger partial charge in [-0.05, 0) is 25.9 Å². The number of nitrogens with zero attached hydrogens (tertiary/aromatic N) is 2. The fraction of sp³-hybridized carbons (Fsp3) is 0.727. The van der Waals surface area contributed by atoms with Gasteiger partial charge >= 0.3 is 0 Å². The minimum Gasteiger partial charge on any atom is -0.326 e. The van der Waals surface area contributed by atoms with Crippen LogP contribution in [0.3, 0.4) is 0 Å². The molecular formula is C11H19N3S. The van der Waals surface area contributed by atoms with Gasteiger partial charge in [0.1, 0.15) is 5.01 Å². The van der Waals surface area contributed by atoms with Gasteiger partial charge in [-0.15, -0.1) is 11.3 Å². The number of hydrogen-bond donors (Lipinski definition) is 1. The molecule has 1 fully saturated rings. The molecule has 0 unspecified atom stereocenters. The van der Waals surface area contributed by atoms with E-state index in [1.165, 1.54) is 48.7 Å². The van der Waals surface area contributed by atoms with Crippen LogP contribution < -0.4 is 5.73 Å². The molecule has 0 saturated carbocycles. The number of thiazole rings is 1. The van der Waals surface area contributed by atoms with Crippen LogP contribution in [0.25, 0.3) is 0 Å². The summed E-state index contributed by atoms with van der Waals surface area (Å²) < 4.78 is 0. The Labute approximate surface area is 95.3 Å². The van der Waals surface area contributed by atoms with Crippen LogP contribution in [0.5, 0.6) is 0 Å². The highest BCUT2D eigenvalue weighted by molar-refractivity contribution is 7.11. The van der Waals surface area contributed by atoms with E-state index in [9.17, 15) is 0 Å². The number of hydrogen-bond acceptors (Lipinski definition) is 4. The summed E-state index contributed by atoms with van der Waals surface area (Å²) in [5.41, 5.74) is 5.58. The summed E-state index contributed by atoms with van der Waals surface area (Å²) in [4.78, 5) is 8.12. The van der Waals surface area contributed by atoms with E-state index in [1.807, 2.05) is 6.20 Å². The van der Waals surface area contributed by atoms with E-state index in [0.717, 1.165) is 6.54 Å². The molecule has 0 atom stereocenters. The van der Waals surface area contributed by atoms with Crippen molar-refractivity contribution in [2.24, 2.45) is 5.73 Å². The van der Waals surface area contributed by atoms with Gasteiger partial charge in [-0.1, -0.05) is 12.8 Å². The third-order valence-corrected chi connectivity index (χ3v) is 3.86. The van der Waals surface area contributed by atoms with Crippen LogP contribution in [0.1, 0.15) is 35.6 Å². The van der Waals surface area contributed by atoms with E-state index >= 15 is 0 Å². The van der Waals surface area contributed by atoms with Crippen molar-refractivity contribution in [3.05, 3.63) is 16.1 Å². The second kappa shape index (κ2) is 5.58. The summed E-state index contributed by atoms with van der Waals surface area (Å²) in [6, 6.07) is 0. The first-order valence-electron chi connectivity index (χ1n) is 5.74. The zero-order valence-corrected chi connectivity index (χ0v) is 9.93. The van der Waals surface area contributed by atoms with Gasteiger partial charge in [0.15, 0.2) is 0 Å². The molecule has 0 amide bonds. The van der Waals surface area contributed by atoms with Gasteiger partial charge in [-0.3, -0.25) is 4.90 Å². The molecule has 1 aliphatic rings. The fourth-order valence-electron chi connectivity index (χ4n) is 2.00. The molecule has 1 aromatic rings. The van der Waals surface area contributed by atoms with Gasteiger partial charge in [-0.2, -0.15) is 0 Å². The van der Waals surface area contributed by atoms with E-state index in [0.29, 0.717) is 6.54 Å². The molecule has 1 saturated heterocycles. The Morgan fingerprint density at radius 2 is 2.00 bits per heavy atom. The van der Waals surface area contributed by atoms with E-state index in [2.05, 4.69) is 9.88 Å². The molecule has 0 bridgehead atoms. The molecule has 1 aromatic heterocycles. The summed E-state index contributed by atoms with van der Waals surface area (Å²) >= 11 is 1.76. The van der Waals surface area contributed by atoms with Crippen LogP contribution >= 0.6 is 11.3 Å². The van der Waals surface area contributed by atoms with Crippen LogP contribution in [-0.4, -0.2) is 23.0 Å². The summed E-state index contributed by atoms with van der Waals surface area (Å²) in [7, 11) is 0. The van der Waals surface area contributed by atoms with Crippen LogP contribution in [-0.2, 0) is 13.1 Å². The van der Waals surface area contributed by atoms with Crippen LogP contribution in [0.15, 0.2) is 6.20 Å². The van der Waals surface area contributed by atoms with Crippen LogP contribution in [0.2, 0.25) is 0 Å². The van der Waals surface area contributed by atoms with Crippen molar-refractivity contribution in [2.75, 3.05) is 13.1 Å². The summed E-state index contributed by atoms with van der Waals surface area (Å²) in [6.45, 7) is 4.11. The van der Waals surface area contributed by atoms with Gasteiger partial charge < -0.3 is 5.73 Å². The van der Waals surface area contributed by atoms with Gasteiger partial charge in [-0.25, -0.2) is 4.98 Å². The summed E-state index contributed by atoms with van der Waals surface area (Å²) in [6.07, 6.45) is 7.38. The highest BCUT2D eigenvalue weighted by atomic mass is 32.1. The van der Waals surface area contributed by atoms with Gasteiger partial charge in [0.05, 0.1) is 6.54 Å². The first-order valence-corrected chi connectivity index (χ1v) is 6.56. The van der Waals surface area contributed by atoms with Crippen molar-refractivity contribution < 1.29 is 0 Å².